The van der Waals surface area contributed by atoms with E-state index in [4.69, 9.17) is 32.7 Å². The van der Waals surface area contributed by atoms with E-state index in [0.717, 1.165) is 34.2 Å². The number of ether oxygens (including phenoxy) is 2. The second kappa shape index (κ2) is 9.70. The first kappa shape index (κ1) is 22.9. The average Bonchev–Trinajstić information content (AvgIpc) is 2.81. The van der Waals surface area contributed by atoms with Gasteiger partial charge in [0, 0.05) is 39.7 Å². The summed E-state index contributed by atoms with van der Waals surface area (Å²) in [6.45, 7) is 5.13. The topological polar surface area (TPSA) is 47.6 Å². The highest BCUT2D eigenvalue weighted by molar-refractivity contribution is 6.35. The Morgan fingerprint density at radius 3 is 2.50 bits per heavy atom. The van der Waals surface area contributed by atoms with Gasteiger partial charge in [-0.25, -0.2) is 0 Å². The Kier molecular flexibility index (Phi) is 6.94. The molecule has 0 bridgehead atoms. The molecule has 1 heterocycles. The Bertz CT molecular complexity index is 1130. The molecule has 1 aliphatic heterocycles. The zero-order valence-corrected chi connectivity index (χ0v) is 19.8. The van der Waals surface area contributed by atoms with E-state index >= 15 is 0 Å². The van der Waals surface area contributed by atoms with Crippen molar-refractivity contribution in [1.82, 2.24) is 0 Å². The minimum absolute atomic E-state index is 0.0919. The van der Waals surface area contributed by atoms with Crippen LogP contribution in [0.3, 0.4) is 0 Å². The highest BCUT2D eigenvalue weighted by atomic mass is 35.5. The van der Waals surface area contributed by atoms with Gasteiger partial charge >= 0.3 is 0 Å². The number of hydrogen-bond donors (Lipinski definition) is 1. The van der Waals surface area contributed by atoms with E-state index in [9.17, 15) is 4.79 Å². The Morgan fingerprint density at radius 1 is 1.09 bits per heavy atom. The lowest BCUT2D eigenvalue weighted by molar-refractivity contribution is -0.125. The van der Waals surface area contributed by atoms with Crippen molar-refractivity contribution in [3.05, 3.63) is 70.2 Å². The fraction of sp³-hybridized carbons (Fsp3) is 0.346. The lowest BCUT2D eigenvalue weighted by Crippen LogP contribution is -2.45. The molecule has 0 unspecified atom stereocenters. The predicted molar refractivity (Wildman–Crippen MR) is 131 cm³/mol. The summed E-state index contributed by atoms with van der Waals surface area (Å²) in [6, 6.07) is 17.1. The molecule has 0 radical (unpaired) electrons. The third-order valence-corrected chi connectivity index (χ3v) is 6.81. The molecule has 0 spiro atoms. The molecule has 3 aromatic carbocycles. The van der Waals surface area contributed by atoms with Crippen LogP contribution in [0.15, 0.2) is 54.6 Å². The zero-order valence-electron chi connectivity index (χ0n) is 18.3. The van der Waals surface area contributed by atoms with E-state index in [1.165, 1.54) is 0 Å². The molecule has 1 aliphatic rings. The molecule has 1 saturated heterocycles. The van der Waals surface area contributed by atoms with Crippen LogP contribution in [0, 0.1) is 0 Å². The molecule has 32 heavy (non-hydrogen) atoms. The number of anilines is 1. The highest BCUT2D eigenvalue weighted by Gasteiger charge is 2.43. The standard InChI is InChI=1S/C26H27Cl2NO3/c1-3-17(2)32-24-11-10-23(19-6-4-5-7-20(19)24)29-25(30)26(12-14-31-15-13-26)21-9-8-18(27)16-22(21)28/h4-11,16-17H,3,12-15H2,1-2H3,(H,29,30)/t17-/m1/s1. The number of halogens is 2. The van der Waals surface area contributed by atoms with Crippen molar-refractivity contribution in [2.45, 2.75) is 44.6 Å². The summed E-state index contributed by atoms with van der Waals surface area (Å²) in [7, 11) is 0. The summed E-state index contributed by atoms with van der Waals surface area (Å²) < 4.78 is 11.7. The van der Waals surface area contributed by atoms with E-state index in [1.54, 1.807) is 12.1 Å². The van der Waals surface area contributed by atoms with Crippen molar-refractivity contribution in [2.24, 2.45) is 0 Å². The minimum atomic E-state index is -0.785. The maximum Gasteiger partial charge on any atom is 0.235 e. The maximum absolute atomic E-state index is 13.8. The highest BCUT2D eigenvalue weighted by Crippen LogP contribution is 2.41. The van der Waals surface area contributed by atoms with Crippen molar-refractivity contribution in [1.29, 1.82) is 0 Å². The van der Waals surface area contributed by atoms with Crippen LogP contribution in [0.2, 0.25) is 10.0 Å². The van der Waals surface area contributed by atoms with Crippen molar-refractivity contribution >= 4 is 45.6 Å². The quantitative estimate of drug-likeness (QED) is 0.420. The normalized spacial score (nSPS) is 16.5. The maximum atomic E-state index is 13.8. The van der Waals surface area contributed by atoms with Crippen LogP contribution >= 0.6 is 23.2 Å². The van der Waals surface area contributed by atoms with Crippen molar-refractivity contribution in [3.8, 4) is 5.75 Å². The molecule has 4 rings (SSSR count). The van der Waals surface area contributed by atoms with E-state index in [2.05, 4.69) is 19.2 Å². The SMILES string of the molecule is CC[C@@H](C)Oc1ccc(NC(=O)C2(c3ccc(Cl)cc3Cl)CCOCC2)c2ccccc12. The number of rotatable bonds is 6. The Labute approximate surface area is 198 Å². The number of benzene rings is 3. The van der Waals surface area contributed by atoms with Crippen molar-refractivity contribution in [2.75, 3.05) is 18.5 Å². The van der Waals surface area contributed by atoms with Gasteiger partial charge in [0.05, 0.1) is 11.5 Å². The molecule has 3 aromatic rings. The van der Waals surface area contributed by atoms with Gasteiger partial charge in [-0.05, 0) is 56.0 Å². The first-order chi connectivity index (χ1) is 15.4. The first-order valence-corrected chi connectivity index (χ1v) is 11.7. The number of nitrogens with one attached hydrogen (secondary N) is 1. The molecular formula is C26H27Cl2NO3. The van der Waals surface area contributed by atoms with E-state index in [0.29, 0.717) is 36.1 Å². The van der Waals surface area contributed by atoms with E-state index in [-0.39, 0.29) is 12.0 Å². The second-order valence-corrected chi connectivity index (χ2v) is 9.11. The molecular weight excluding hydrogens is 445 g/mol. The second-order valence-electron chi connectivity index (χ2n) is 8.27. The molecule has 1 amide bonds. The van der Waals surface area contributed by atoms with Gasteiger partial charge in [0.15, 0.2) is 0 Å². The molecule has 1 fully saturated rings. The third kappa shape index (κ3) is 4.45. The Hall–Kier alpha value is -2.27. The van der Waals surface area contributed by atoms with Gasteiger partial charge in [-0.15, -0.1) is 0 Å². The van der Waals surface area contributed by atoms with Gasteiger partial charge in [0.1, 0.15) is 5.75 Å². The molecule has 4 nitrogen and oxygen atoms in total. The third-order valence-electron chi connectivity index (χ3n) is 6.26. The summed E-state index contributed by atoms with van der Waals surface area (Å²) >= 11 is 12.7. The molecule has 1 atom stereocenters. The number of carbonyl (C=O) groups excluding carboxylic acids is 1. The molecule has 0 aromatic heterocycles. The van der Waals surface area contributed by atoms with Crippen molar-refractivity contribution in [3.63, 3.8) is 0 Å². The van der Waals surface area contributed by atoms with E-state index in [1.807, 2.05) is 42.5 Å². The van der Waals surface area contributed by atoms with Gasteiger partial charge in [-0.2, -0.15) is 0 Å². The molecule has 0 aliphatic carbocycles. The van der Waals surface area contributed by atoms with Crippen molar-refractivity contribution < 1.29 is 14.3 Å². The van der Waals surface area contributed by atoms with Crippen LogP contribution in [-0.4, -0.2) is 25.2 Å². The largest absolute Gasteiger partial charge is 0.490 e. The van der Waals surface area contributed by atoms with Gasteiger partial charge in [-0.1, -0.05) is 60.5 Å². The smallest absolute Gasteiger partial charge is 0.235 e. The van der Waals surface area contributed by atoms with Crippen LogP contribution in [0.1, 0.15) is 38.7 Å². The average molecular weight is 472 g/mol. The van der Waals surface area contributed by atoms with E-state index < -0.39 is 5.41 Å². The molecule has 6 heteroatoms. The number of hydrogen-bond acceptors (Lipinski definition) is 3. The van der Waals surface area contributed by atoms with Gasteiger partial charge < -0.3 is 14.8 Å². The number of fused-ring (bicyclic) bond motifs is 1. The summed E-state index contributed by atoms with van der Waals surface area (Å²) in [4.78, 5) is 13.8. The summed E-state index contributed by atoms with van der Waals surface area (Å²) in [5.41, 5.74) is 0.746. The molecule has 1 N–H and O–H groups in total. The lowest BCUT2D eigenvalue weighted by Gasteiger charge is -2.37. The van der Waals surface area contributed by atoms with Gasteiger partial charge in [0.2, 0.25) is 5.91 Å². The Balaban J connectivity index is 1.72. The predicted octanol–water partition coefficient (Wildman–Crippen LogP) is 7.01. The van der Waals surface area contributed by atoms with Crippen LogP contribution in [0.25, 0.3) is 10.8 Å². The van der Waals surface area contributed by atoms with Crippen LogP contribution in [0.4, 0.5) is 5.69 Å². The summed E-state index contributed by atoms with van der Waals surface area (Å²) in [5.74, 6) is 0.722. The summed E-state index contributed by atoms with van der Waals surface area (Å²) in [5, 5.41) is 6.14. The minimum Gasteiger partial charge on any atom is -0.490 e. The zero-order chi connectivity index (χ0) is 22.7. The molecule has 168 valence electrons. The monoisotopic (exact) mass is 471 g/mol. The lowest BCUT2D eigenvalue weighted by atomic mass is 9.73. The summed E-state index contributed by atoms with van der Waals surface area (Å²) in [6.07, 6.45) is 2.12. The van der Waals surface area contributed by atoms with Gasteiger partial charge in [-0.3, -0.25) is 4.79 Å². The molecule has 0 saturated carbocycles. The Morgan fingerprint density at radius 2 is 1.81 bits per heavy atom. The fourth-order valence-electron chi connectivity index (χ4n) is 4.24. The van der Waals surface area contributed by atoms with Gasteiger partial charge in [0.25, 0.3) is 0 Å². The van der Waals surface area contributed by atoms with Crippen LogP contribution in [0.5, 0.6) is 5.75 Å². The number of carbonyl (C=O) groups is 1. The first-order valence-electron chi connectivity index (χ1n) is 11.0. The van der Waals surface area contributed by atoms with Crippen LogP contribution < -0.4 is 10.1 Å². The number of amides is 1. The fourth-order valence-corrected chi connectivity index (χ4v) is 4.83. The van der Waals surface area contributed by atoms with Crippen LogP contribution in [-0.2, 0) is 14.9 Å².